The minimum atomic E-state index is -4.51. The van der Waals surface area contributed by atoms with Gasteiger partial charge in [-0.05, 0) is 12.3 Å². The van der Waals surface area contributed by atoms with Crippen LogP contribution in [0.1, 0.15) is 20.3 Å². The zero-order valence-corrected chi connectivity index (χ0v) is 10.1. The average molecular weight is 271 g/mol. The maximum absolute atomic E-state index is 11.7. The van der Waals surface area contributed by atoms with Crippen LogP contribution in [0.15, 0.2) is 0 Å². The molecule has 0 aromatic carbocycles. The Morgan fingerprint density at radius 3 is 2.28 bits per heavy atom. The molecule has 0 aliphatic rings. The smallest absolute Gasteiger partial charge is 0.411 e. The zero-order valence-electron chi connectivity index (χ0n) is 10.1. The summed E-state index contributed by atoms with van der Waals surface area (Å²) in [7, 11) is 0. The number of hydrogen-bond donors (Lipinski definition) is 2. The minimum absolute atomic E-state index is 0.0301. The van der Waals surface area contributed by atoms with E-state index in [4.69, 9.17) is 5.11 Å². The van der Waals surface area contributed by atoms with Gasteiger partial charge >= 0.3 is 12.1 Å². The van der Waals surface area contributed by atoms with Crippen molar-refractivity contribution in [3.8, 4) is 0 Å². The van der Waals surface area contributed by atoms with Crippen molar-refractivity contribution >= 4 is 11.9 Å². The molecule has 8 heteroatoms. The molecule has 2 N–H and O–H groups in total. The molecule has 0 bridgehead atoms. The summed E-state index contributed by atoms with van der Waals surface area (Å²) in [5, 5.41) is 10.9. The molecule has 0 aromatic heterocycles. The van der Waals surface area contributed by atoms with Gasteiger partial charge in [-0.1, -0.05) is 13.8 Å². The van der Waals surface area contributed by atoms with E-state index in [2.05, 4.69) is 10.1 Å². The van der Waals surface area contributed by atoms with Crippen LogP contribution in [0.5, 0.6) is 0 Å². The molecule has 106 valence electrons. The van der Waals surface area contributed by atoms with Crippen LogP contribution in [0.4, 0.5) is 13.2 Å². The van der Waals surface area contributed by atoms with Crippen molar-refractivity contribution in [3.63, 3.8) is 0 Å². The number of carboxylic acids is 1. The molecule has 5 nitrogen and oxygen atoms in total. The van der Waals surface area contributed by atoms with E-state index >= 15 is 0 Å². The Kier molecular flexibility index (Phi) is 6.67. The van der Waals surface area contributed by atoms with Gasteiger partial charge in [0.05, 0.1) is 0 Å². The third-order valence-corrected chi connectivity index (χ3v) is 1.84. The fourth-order valence-electron chi connectivity index (χ4n) is 1.19. The Balaban J connectivity index is 4.07. The number of carbonyl (C=O) groups excluding carboxylic acids is 1. The molecule has 1 amide bonds. The Labute approximate surface area is 102 Å². The quantitative estimate of drug-likeness (QED) is 0.729. The first-order chi connectivity index (χ1) is 8.11. The molecule has 0 heterocycles. The van der Waals surface area contributed by atoms with E-state index in [-0.39, 0.29) is 12.3 Å². The van der Waals surface area contributed by atoms with Crippen LogP contribution in [0, 0.1) is 5.92 Å². The van der Waals surface area contributed by atoms with Gasteiger partial charge in [-0.3, -0.25) is 4.79 Å². The second kappa shape index (κ2) is 7.20. The molecular formula is C10H16F3NO4. The predicted molar refractivity (Wildman–Crippen MR) is 55.9 cm³/mol. The van der Waals surface area contributed by atoms with Crippen molar-refractivity contribution in [2.75, 3.05) is 13.2 Å². The van der Waals surface area contributed by atoms with Crippen LogP contribution in [-0.4, -0.2) is 42.4 Å². The van der Waals surface area contributed by atoms with Crippen LogP contribution < -0.4 is 5.32 Å². The molecular weight excluding hydrogens is 255 g/mol. The normalized spacial score (nSPS) is 13.4. The fraction of sp³-hybridized carbons (Fsp3) is 0.800. The Hall–Kier alpha value is -1.31. The topological polar surface area (TPSA) is 75.6 Å². The first-order valence-electron chi connectivity index (χ1n) is 5.28. The summed E-state index contributed by atoms with van der Waals surface area (Å²) in [6.07, 6.45) is -4.31. The molecule has 0 aromatic rings. The van der Waals surface area contributed by atoms with Gasteiger partial charge in [-0.25, -0.2) is 4.79 Å². The van der Waals surface area contributed by atoms with Gasteiger partial charge in [0, 0.05) is 0 Å². The number of aliphatic carboxylic acids is 1. The Morgan fingerprint density at radius 1 is 1.33 bits per heavy atom. The number of carbonyl (C=O) groups is 2. The Bertz CT molecular complexity index is 291. The number of carboxylic acid groups (broad SMARTS) is 1. The molecule has 0 unspecified atom stereocenters. The van der Waals surface area contributed by atoms with Crippen molar-refractivity contribution in [2.24, 2.45) is 5.92 Å². The molecule has 0 saturated heterocycles. The van der Waals surface area contributed by atoms with Gasteiger partial charge in [0.2, 0.25) is 5.91 Å². The number of alkyl halides is 3. The van der Waals surface area contributed by atoms with Gasteiger partial charge in [0.15, 0.2) is 0 Å². The van der Waals surface area contributed by atoms with Crippen molar-refractivity contribution in [1.82, 2.24) is 5.32 Å². The predicted octanol–water partition coefficient (Wildman–Crippen LogP) is 1.18. The molecule has 0 aliphatic heterocycles. The van der Waals surface area contributed by atoms with Crippen LogP contribution >= 0.6 is 0 Å². The van der Waals surface area contributed by atoms with Gasteiger partial charge in [0.1, 0.15) is 19.3 Å². The molecule has 0 spiro atoms. The lowest BCUT2D eigenvalue weighted by Crippen LogP contribution is -2.43. The number of halogens is 3. The lowest BCUT2D eigenvalue weighted by molar-refractivity contribution is -0.176. The maximum Gasteiger partial charge on any atom is 0.411 e. The van der Waals surface area contributed by atoms with E-state index < -0.39 is 37.3 Å². The highest BCUT2D eigenvalue weighted by Crippen LogP contribution is 2.14. The zero-order chi connectivity index (χ0) is 14.3. The molecule has 1 atom stereocenters. The van der Waals surface area contributed by atoms with E-state index in [1.165, 1.54) is 0 Å². The highest BCUT2D eigenvalue weighted by atomic mass is 19.4. The third kappa shape index (κ3) is 8.80. The summed E-state index contributed by atoms with van der Waals surface area (Å²) in [6.45, 7) is 1.17. The van der Waals surface area contributed by atoms with E-state index in [1.54, 1.807) is 13.8 Å². The van der Waals surface area contributed by atoms with E-state index in [9.17, 15) is 22.8 Å². The van der Waals surface area contributed by atoms with Gasteiger partial charge in [0.25, 0.3) is 0 Å². The first kappa shape index (κ1) is 16.7. The van der Waals surface area contributed by atoms with Crippen LogP contribution in [0.3, 0.4) is 0 Å². The first-order valence-corrected chi connectivity index (χ1v) is 5.28. The molecule has 0 aliphatic carbocycles. The van der Waals surface area contributed by atoms with Crippen LogP contribution in [0.2, 0.25) is 0 Å². The Morgan fingerprint density at radius 2 is 1.89 bits per heavy atom. The van der Waals surface area contributed by atoms with Crippen LogP contribution in [-0.2, 0) is 14.3 Å². The lowest BCUT2D eigenvalue weighted by atomic mass is 10.0. The molecule has 0 saturated carbocycles. The SMILES string of the molecule is CC(C)C[C@H](NC(=O)COCC(F)(F)F)C(=O)O. The second-order valence-corrected chi connectivity index (χ2v) is 4.20. The fourth-order valence-corrected chi connectivity index (χ4v) is 1.19. The van der Waals surface area contributed by atoms with Gasteiger partial charge < -0.3 is 15.2 Å². The monoisotopic (exact) mass is 271 g/mol. The molecule has 0 fully saturated rings. The summed E-state index contributed by atoms with van der Waals surface area (Å²) >= 11 is 0. The minimum Gasteiger partial charge on any atom is -0.480 e. The molecule has 0 radical (unpaired) electrons. The summed E-state index contributed by atoms with van der Waals surface area (Å²) in [5.41, 5.74) is 0. The van der Waals surface area contributed by atoms with E-state index in [0.717, 1.165) is 0 Å². The lowest BCUT2D eigenvalue weighted by Gasteiger charge is -2.16. The number of nitrogens with one attached hydrogen (secondary N) is 1. The van der Waals surface area contributed by atoms with Crippen molar-refractivity contribution in [2.45, 2.75) is 32.5 Å². The summed E-state index contributed by atoms with van der Waals surface area (Å²) in [6, 6.07) is -1.12. The van der Waals surface area contributed by atoms with E-state index in [1.807, 2.05) is 0 Å². The summed E-state index contributed by atoms with van der Waals surface area (Å²) < 4.78 is 39.3. The third-order valence-electron chi connectivity index (χ3n) is 1.84. The highest BCUT2D eigenvalue weighted by Gasteiger charge is 2.28. The summed E-state index contributed by atoms with van der Waals surface area (Å²) in [5.74, 6) is -2.08. The van der Waals surface area contributed by atoms with Crippen molar-refractivity contribution < 1.29 is 32.6 Å². The van der Waals surface area contributed by atoms with Crippen molar-refractivity contribution in [3.05, 3.63) is 0 Å². The maximum atomic E-state index is 11.7. The second-order valence-electron chi connectivity index (χ2n) is 4.20. The molecule has 18 heavy (non-hydrogen) atoms. The average Bonchev–Trinajstić information content (AvgIpc) is 2.13. The standard InChI is InChI=1S/C10H16F3NO4/c1-6(2)3-7(9(16)17)14-8(15)4-18-5-10(11,12)13/h6-7H,3-5H2,1-2H3,(H,14,15)(H,16,17)/t7-/m0/s1. The number of rotatable bonds is 7. The number of amides is 1. The van der Waals surface area contributed by atoms with Gasteiger partial charge in [-0.15, -0.1) is 0 Å². The molecule has 0 rings (SSSR count). The van der Waals surface area contributed by atoms with E-state index in [0.29, 0.717) is 0 Å². The van der Waals surface area contributed by atoms with Gasteiger partial charge in [-0.2, -0.15) is 13.2 Å². The van der Waals surface area contributed by atoms with Crippen LogP contribution in [0.25, 0.3) is 0 Å². The highest BCUT2D eigenvalue weighted by molar-refractivity contribution is 5.84. The largest absolute Gasteiger partial charge is 0.480 e. The summed E-state index contributed by atoms with van der Waals surface area (Å²) in [4.78, 5) is 21.9. The number of hydrogen-bond acceptors (Lipinski definition) is 3. The number of ether oxygens (including phenoxy) is 1. The van der Waals surface area contributed by atoms with Crippen molar-refractivity contribution in [1.29, 1.82) is 0 Å².